The highest BCUT2D eigenvalue weighted by atomic mass is 19.4. The van der Waals surface area contributed by atoms with Gasteiger partial charge in [0.25, 0.3) is 11.8 Å². The molecule has 1 N–H and O–H groups in total. The summed E-state index contributed by atoms with van der Waals surface area (Å²) in [6.45, 7) is 0. The maximum absolute atomic E-state index is 15.2. The Hall–Kier alpha value is -2.30. The molecule has 0 saturated heterocycles. The van der Waals surface area contributed by atoms with Gasteiger partial charge in [-0.2, -0.15) is 26.3 Å². The van der Waals surface area contributed by atoms with Crippen molar-refractivity contribution in [1.82, 2.24) is 0 Å². The summed E-state index contributed by atoms with van der Waals surface area (Å²) >= 11 is 0. The van der Waals surface area contributed by atoms with Gasteiger partial charge >= 0.3 is 12.4 Å². The minimum Gasteiger partial charge on any atom is -0.380 e. The molecule has 0 heterocycles. The molecule has 0 bridgehead atoms. The Morgan fingerprint density at radius 1 is 0.515 bits per heavy atom. The number of rotatable bonds is 9. The third kappa shape index (κ3) is 6.84. The van der Waals surface area contributed by atoms with Gasteiger partial charge in [-0.05, 0) is 11.1 Å². The molecule has 184 valence electrons. The maximum Gasteiger partial charge on any atom is 0.389 e. The first-order valence-electron chi connectivity index (χ1n) is 9.72. The van der Waals surface area contributed by atoms with Gasteiger partial charge in [0.15, 0.2) is 0 Å². The first kappa shape index (κ1) is 26.9. The predicted molar refractivity (Wildman–Crippen MR) is 99.8 cm³/mol. The zero-order chi connectivity index (χ0) is 25.1. The normalized spacial score (nSPS) is 14.1. The summed E-state index contributed by atoms with van der Waals surface area (Å²) in [5.74, 6) is -13.5. The van der Waals surface area contributed by atoms with Crippen molar-refractivity contribution in [2.75, 3.05) is 0 Å². The van der Waals surface area contributed by atoms with Gasteiger partial charge in [0.1, 0.15) is 11.5 Å². The first-order valence-corrected chi connectivity index (χ1v) is 9.72. The van der Waals surface area contributed by atoms with Crippen LogP contribution in [0.2, 0.25) is 0 Å². The van der Waals surface area contributed by atoms with Crippen LogP contribution >= 0.6 is 0 Å². The number of hydrogen-bond donors (Lipinski definition) is 1. The van der Waals surface area contributed by atoms with Crippen LogP contribution in [0.1, 0.15) is 36.8 Å². The first-order chi connectivity index (χ1) is 15.0. The van der Waals surface area contributed by atoms with E-state index in [4.69, 9.17) is 0 Å². The quantitative estimate of drug-likeness (QED) is 0.361. The lowest BCUT2D eigenvalue weighted by Crippen LogP contribution is -2.56. The Balaban J connectivity index is 2.73. The van der Waals surface area contributed by atoms with Gasteiger partial charge in [0.2, 0.25) is 0 Å². The minimum absolute atomic E-state index is 0.528. The van der Waals surface area contributed by atoms with Gasteiger partial charge < -0.3 is 5.11 Å². The van der Waals surface area contributed by atoms with Gasteiger partial charge in [-0.15, -0.1) is 0 Å². The topological polar surface area (TPSA) is 20.2 Å². The largest absolute Gasteiger partial charge is 0.389 e. The van der Waals surface area contributed by atoms with Crippen LogP contribution in [0.3, 0.4) is 0 Å². The van der Waals surface area contributed by atoms with E-state index in [1.165, 1.54) is 36.4 Å². The SMILES string of the molecule is OC(c1ccccc1)(c1ccccc1)C(C(F)(F)CCC(F)(F)F)C(F)(F)CCC(F)(F)F. The minimum atomic E-state index is -5.15. The average Bonchev–Trinajstić information content (AvgIpc) is 2.71. The van der Waals surface area contributed by atoms with E-state index >= 15 is 17.6 Å². The smallest absolute Gasteiger partial charge is 0.380 e. The zero-order valence-corrected chi connectivity index (χ0v) is 16.9. The number of benzene rings is 2. The molecule has 0 fully saturated rings. The van der Waals surface area contributed by atoms with Gasteiger partial charge in [-0.1, -0.05) is 60.7 Å². The number of halogens is 10. The summed E-state index contributed by atoms with van der Waals surface area (Å²) in [6.07, 6.45) is -18.9. The highest BCUT2D eigenvalue weighted by Crippen LogP contribution is 2.55. The maximum atomic E-state index is 15.2. The van der Waals surface area contributed by atoms with E-state index in [0.29, 0.717) is 0 Å². The predicted octanol–water partition coefficient (Wildman–Crippen LogP) is 7.49. The van der Waals surface area contributed by atoms with Crippen molar-refractivity contribution in [2.24, 2.45) is 5.92 Å². The second kappa shape index (κ2) is 9.52. The van der Waals surface area contributed by atoms with E-state index < -0.39 is 72.5 Å². The standard InChI is InChI=1S/C22H20F10O/c23-18(24,11-13-20(27,28)29)17(19(25,26)12-14-21(30,31)32)22(33,15-7-3-1-4-8-15)16-9-5-2-6-10-16/h1-10,17,33H,11-14H2. The molecular formula is C22H20F10O. The molecule has 0 saturated carbocycles. The summed E-state index contributed by atoms with van der Waals surface area (Å²) in [6, 6.07) is 11.6. The van der Waals surface area contributed by atoms with E-state index in [1.807, 2.05) is 0 Å². The average molecular weight is 490 g/mol. The highest BCUT2D eigenvalue weighted by molar-refractivity contribution is 5.38. The number of alkyl halides is 10. The van der Waals surface area contributed by atoms with Gasteiger partial charge in [0.05, 0.1) is 0 Å². The van der Waals surface area contributed by atoms with Crippen molar-refractivity contribution in [1.29, 1.82) is 0 Å². The lowest BCUT2D eigenvalue weighted by atomic mass is 9.68. The second-order valence-electron chi connectivity index (χ2n) is 7.68. The molecule has 0 atom stereocenters. The Bertz CT molecular complexity index is 806. The fourth-order valence-corrected chi connectivity index (χ4v) is 3.71. The third-order valence-corrected chi connectivity index (χ3v) is 5.17. The molecule has 0 aromatic heterocycles. The molecular weight excluding hydrogens is 470 g/mol. The Morgan fingerprint density at radius 3 is 1.09 bits per heavy atom. The zero-order valence-electron chi connectivity index (χ0n) is 16.9. The Kier molecular flexibility index (Phi) is 7.77. The third-order valence-electron chi connectivity index (χ3n) is 5.17. The molecule has 0 aliphatic rings. The molecule has 0 aliphatic heterocycles. The van der Waals surface area contributed by atoms with E-state index in [9.17, 15) is 31.4 Å². The fraction of sp³-hybridized carbons (Fsp3) is 0.455. The van der Waals surface area contributed by atoms with Crippen LogP contribution < -0.4 is 0 Å². The highest BCUT2D eigenvalue weighted by Gasteiger charge is 2.65. The van der Waals surface area contributed by atoms with E-state index in [0.717, 1.165) is 24.3 Å². The van der Waals surface area contributed by atoms with Crippen molar-refractivity contribution >= 4 is 0 Å². The van der Waals surface area contributed by atoms with Gasteiger partial charge in [-0.3, -0.25) is 0 Å². The summed E-state index contributed by atoms with van der Waals surface area (Å²) < 4.78 is 137. The van der Waals surface area contributed by atoms with Crippen LogP contribution in [-0.2, 0) is 5.60 Å². The fourth-order valence-electron chi connectivity index (χ4n) is 3.71. The molecule has 0 unspecified atom stereocenters. The lowest BCUT2D eigenvalue weighted by Gasteiger charge is -2.45. The summed E-state index contributed by atoms with van der Waals surface area (Å²) in [5, 5.41) is 11.4. The van der Waals surface area contributed by atoms with Crippen molar-refractivity contribution in [3.8, 4) is 0 Å². The van der Waals surface area contributed by atoms with Crippen molar-refractivity contribution in [3.05, 3.63) is 71.8 Å². The van der Waals surface area contributed by atoms with Crippen LogP contribution in [0, 0.1) is 5.92 Å². The number of aliphatic hydroxyl groups is 1. The van der Waals surface area contributed by atoms with Crippen molar-refractivity contribution in [3.63, 3.8) is 0 Å². The molecule has 0 amide bonds. The molecule has 2 aromatic rings. The van der Waals surface area contributed by atoms with E-state index in [-0.39, 0.29) is 0 Å². The molecule has 2 aromatic carbocycles. The van der Waals surface area contributed by atoms with Crippen LogP contribution in [-0.4, -0.2) is 29.3 Å². The van der Waals surface area contributed by atoms with E-state index in [2.05, 4.69) is 0 Å². The van der Waals surface area contributed by atoms with Crippen molar-refractivity contribution < 1.29 is 49.0 Å². The second-order valence-corrected chi connectivity index (χ2v) is 7.68. The summed E-state index contributed by atoms with van der Waals surface area (Å²) in [7, 11) is 0. The van der Waals surface area contributed by atoms with E-state index in [1.54, 1.807) is 0 Å². The number of hydrogen-bond acceptors (Lipinski definition) is 1. The van der Waals surface area contributed by atoms with Gasteiger partial charge in [0, 0.05) is 25.7 Å². The molecule has 0 spiro atoms. The molecule has 11 heteroatoms. The molecule has 1 nitrogen and oxygen atoms in total. The summed E-state index contributed by atoms with van der Waals surface area (Å²) in [5.41, 5.74) is -4.37. The van der Waals surface area contributed by atoms with Crippen LogP contribution in [0.25, 0.3) is 0 Å². The summed E-state index contributed by atoms with van der Waals surface area (Å²) in [4.78, 5) is 0. The Morgan fingerprint density at radius 2 is 0.818 bits per heavy atom. The Labute approximate surface area is 183 Å². The monoisotopic (exact) mass is 490 g/mol. The van der Waals surface area contributed by atoms with Crippen LogP contribution in [0.4, 0.5) is 43.9 Å². The molecule has 33 heavy (non-hydrogen) atoms. The van der Waals surface area contributed by atoms with Crippen molar-refractivity contribution in [2.45, 2.75) is 55.5 Å². The van der Waals surface area contributed by atoms with Crippen LogP contribution in [0.5, 0.6) is 0 Å². The molecule has 0 radical (unpaired) electrons. The van der Waals surface area contributed by atoms with Gasteiger partial charge in [-0.25, -0.2) is 17.6 Å². The molecule has 0 aliphatic carbocycles. The molecule has 2 rings (SSSR count). The lowest BCUT2D eigenvalue weighted by molar-refractivity contribution is -0.253. The van der Waals surface area contributed by atoms with Crippen LogP contribution in [0.15, 0.2) is 60.7 Å².